The highest BCUT2D eigenvalue weighted by molar-refractivity contribution is 7.12. The first kappa shape index (κ1) is 16.9. The highest BCUT2D eigenvalue weighted by atomic mass is 32.1. The predicted octanol–water partition coefficient (Wildman–Crippen LogP) is 4.16. The van der Waals surface area contributed by atoms with E-state index in [1.54, 1.807) is 24.5 Å². The summed E-state index contributed by atoms with van der Waals surface area (Å²) in [6.45, 7) is 1.84. The Morgan fingerprint density at radius 3 is 2.52 bits per heavy atom. The van der Waals surface area contributed by atoms with Crippen molar-refractivity contribution in [2.45, 2.75) is 6.92 Å². The first-order valence-electron chi connectivity index (χ1n) is 7.58. The summed E-state index contributed by atoms with van der Waals surface area (Å²) in [6.07, 6.45) is 3.49. The fourth-order valence-corrected chi connectivity index (χ4v) is 3.30. The molecule has 25 heavy (non-hydrogen) atoms. The van der Waals surface area contributed by atoms with Gasteiger partial charge < -0.3 is 10.1 Å². The van der Waals surface area contributed by atoms with Crippen LogP contribution in [-0.4, -0.2) is 24.0 Å². The molecule has 0 saturated carbocycles. The van der Waals surface area contributed by atoms with Crippen molar-refractivity contribution in [3.8, 4) is 11.1 Å². The standard InChI is InChI=1S/C19H16N2O3S/c1-12-11-25-17(19(23)24-2)16(12)21-18(22)14-7-5-13(6-8-14)15-4-3-9-20-10-15/h3-11H,1-2H3,(H,21,22). The summed E-state index contributed by atoms with van der Waals surface area (Å²) >= 11 is 1.25. The van der Waals surface area contributed by atoms with Gasteiger partial charge in [-0.2, -0.15) is 0 Å². The van der Waals surface area contributed by atoms with Gasteiger partial charge in [0, 0.05) is 18.0 Å². The lowest BCUT2D eigenvalue weighted by Gasteiger charge is -2.08. The number of benzene rings is 1. The zero-order valence-electron chi connectivity index (χ0n) is 13.8. The zero-order valence-corrected chi connectivity index (χ0v) is 14.6. The highest BCUT2D eigenvalue weighted by Crippen LogP contribution is 2.29. The molecule has 2 aromatic heterocycles. The number of hydrogen-bond acceptors (Lipinski definition) is 5. The van der Waals surface area contributed by atoms with Crippen LogP contribution in [-0.2, 0) is 4.74 Å². The van der Waals surface area contributed by atoms with E-state index in [1.807, 2.05) is 36.6 Å². The number of aryl methyl sites for hydroxylation is 1. The average molecular weight is 352 g/mol. The smallest absolute Gasteiger partial charge is 0.350 e. The number of carbonyl (C=O) groups excluding carboxylic acids is 2. The third-order valence-electron chi connectivity index (χ3n) is 3.73. The van der Waals surface area contributed by atoms with E-state index in [1.165, 1.54) is 18.4 Å². The minimum atomic E-state index is -0.458. The van der Waals surface area contributed by atoms with E-state index in [0.29, 0.717) is 16.1 Å². The molecule has 3 rings (SSSR count). The number of esters is 1. The first-order valence-corrected chi connectivity index (χ1v) is 8.46. The number of rotatable bonds is 4. The van der Waals surface area contributed by atoms with Crippen molar-refractivity contribution in [1.29, 1.82) is 0 Å². The number of thiophene rings is 1. The lowest BCUT2D eigenvalue weighted by molar-refractivity contribution is 0.0607. The van der Waals surface area contributed by atoms with Crippen LogP contribution in [0.5, 0.6) is 0 Å². The van der Waals surface area contributed by atoms with Gasteiger partial charge in [-0.1, -0.05) is 18.2 Å². The summed E-state index contributed by atoms with van der Waals surface area (Å²) in [4.78, 5) is 28.8. The number of pyridine rings is 1. The molecule has 0 aliphatic heterocycles. The molecule has 0 bridgehead atoms. The van der Waals surface area contributed by atoms with Crippen molar-refractivity contribution in [3.05, 3.63) is 70.2 Å². The maximum absolute atomic E-state index is 12.5. The molecule has 3 aromatic rings. The van der Waals surface area contributed by atoms with Crippen molar-refractivity contribution in [2.24, 2.45) is 0 Å². The summed E-state index contributed by atoms with van der Waals surface area (Å²) in [7, 11) is 1.32. The van der Waals surface area contributed by atoms with E-state index in [0.717, 1.165) is 16.7 Å². The van der Waals surface area contributed by atoms with E-state index >= 15 is 0 Å². The van der Waals surface area contributed by atoms with E-state index < -0.39 is 5.97 Å². The summed E-state index contributed by atoms with van der Waals surface area (Å²) in [5.74, 6) is -0.732. The minimum Gasteiger partial charge on any atom is -0.465 e. The Kier molecular flexibility index (Phi) is 4.90. The van der Waals surface area contributed by atoms with Crippen LogP contribution >= 0.6 is 11.3 Å². The second kappa shape index (κ2) is 7.27. The van der Waals surface area contributed by atoms with Gasteiger partial charge in [0.05, 0.1) is 12.8 Å². The summed E-state index contributed by atoms with van der Waals surface area (Å²) in [6, 6.07) is 11.1. The van der Waals surface area contributed by atoms with Crippen molar-refractivity contribution in [1.82, 2.24) is 4.98 Å². The number of amides is 1. The number of nitrogens with zero attached hydrogens (tertiary/aromatic N) is 1. The predicted molar refractivity (Wildman–Crippen MR) is 98.0 cm³/mol. The van der Waals surface area contributed by atoms with E-state index in [-0.39, 0.29) is 5.91 Å². The third kappa shape index (κ3) is 3.59. The summed E-state index contributed by atoms with van der Waals surface area (Å²) < 4.78 is 4.76. The fourth-order valence-electron chi connectivity index (χ4n) is 2.38. The molecule has 5 nitrogen and oxygen atoms in total. The normalized spacial score (nSPS) is 10.3. The third-order valence-corrected chi connectivity index (χ3v) is 4.80. The SMILES string of the molecule is COC(=O)c1scc(C)c1NC(=O)c1ccc(-c2cccnc2)cc1. The molecule has 0 aliphatic rings. The van der Waals surface area contributed by atoms with Crippen molar-refractivity contribution in [2.75, 3.05) is 12.4 Å². The van der Waals surface area contributed by atoms with E-state index in [2.05, 4.69) is 10.3 Å². The quantitative estimate of drug-likeness (QED) is 0.716. The molecule has 1 N–H and O–H groups in total. The minimum absolute atomic E-state index is 0.274. The Labute approximate surface area is 149 Å². The molecule has 1 aromatic carbocycles. The molecule has 0 aliphatic carbocycles. The molecule has 2 heterocycles. The summed E-state index contributed by atoms with van der Waals surface area (Å²) in [5, 5.41) is 4.62. The Bertz CT molecular complexity index is 902. The maximum Gasteiger partial charge on any atom is 0.350 e. The second-order valence-electron chi connectivity index (χ2n) is 5.39. The number of anilines is 1. The first-order chi connectivity index (χ1) is 12.1. The Morgan fingerprint density at radius 1 is 1.12 bits per heavy atom. The molecule has 1 amide bonds. The zero-order chi connectivity index (χ0) is 17.8. The van der Waals surface area contributed by atoms with Gasteiger partial charge in [-0.15, -0.1) is 11.3 Å². The molecular weight excluding hydrogens is 336 g/mol. The maximum atomic E-state index is 12.5. The van der Waals surface area contributed by atoms with Crippen LogP contribution < -0.4 is 5.32 Å². The molecular formula is C19H16N2O3S. The highest BCUT2D eigenvalue weighted by Gasteiger charge is 2.19. The van der Waals surface area contributed by atoms with Crippen LogP contribution in [0, 0.1) is 6.92 Å². The van der Waals surface area contributed by atoms with Gasteiger partial charge in [-0.25, -0.2) is 4.79 Å². The number of methoxy groups -OCH3 is 1. The molecule has 0 saturated heterocycles. The van der Waals surface area contributed by atoms with Crippen LogP contribution in [0.4, 0.5) is 5.69 Å². The number of hydrogen-bond donors (Lipinski definition) is 1. The van der Waals surface area contributed by atoms with Gasteiger partial charge in [0.2, 0.25) is 0 Å². The fraction of sp³-hybridized carbons (Fsp3) is 0.105. The number of ether oxygens (including phenoxy) is 1. The lowest BCUT2D eigenvalue weighted by atomic mass is 10.1. The van der Waals surface area contributed by atoms with Crippen molar-refractivity contribution >= 4 is 28.9 Å². The van der Waals surface area contributed by atoms with Gasteiger partial charge in [0.1, 0.15) is 4.88 Å². The van der Waals surface area contributed by atoms with Gasteiger partial charge in [-0.3, -0.25) is 9.78 Å². The molecule has 0 radical (unpaired) electrons. The molecule has 0 unspecified atom stereocenters. The van der Waals surface area contributed by atoms with Crippen LogP contribution in [0.15, 0.2) is 54.2 Å². The number of aromatic nitrogens is 1. The van der Waals surface area contributed by atoms with E-state index in [4.69, 9.17) is 4.74 Å². The van der Waals surface area contributed by atoms with Crippen LogP contribution in [0.25, 0.3) is 11.1 Å². The van der Waals surface area contributed by atoms with E-state index in [9.17, 15) is 9.59 Å². The van der Waals surface area contributed by atoms with Crippen LogP contribution in [0.3, 0.4) is 0 Å². The summed E-state index contributed by atoms with van der Waals surface area (Å²) in [5.41, 5.74) is 3.79. The number of carbonyl (C=O) groups is 2. The number of nitrogens with one attached hydrogen (secondary N) is 1. The lowest BCUT2D eigenvalue weighted by Crippen LogP contribution is -2.14. The van der Waals surface area contributed by atoms with Gasteiger partial charge in [0.25, 0.3) is 5.91 Å². The largest absolute Gasteiger partial charge is 0.465 e. The van der Waals surface area contributed by atoms with Crippen LogP contribution in [0.1, 0.15) is 25.6 Å². The van der Waals surface area contributed by atoms with Crippen LogP contribution in [0.2, 0.25) is 0 Å². The molecule has 6 heteroatoms. The molecule has 126 valence electrons. The van der Waals surface area contributed by atoms with Crippen molar-refractivity contribution < 1.29 is 14.3 Å². The monoisotopic (exact) mass is 352 g/mol. The topological polar surface area (TPSA) is 68.3 Å². The van der Waals surface area contributed by atoms with Gasteiger partial charge in [0.15, 0.2) is 0 Å². The van der Waals surface area contributed by atoms with Gasteiger partial charge in [-0.05, 0) is 47.2 Å². The Hall–Kier alpha value is -2.99. The second-order valence-corrected chi connectivity index (χ2v) is 6.27. The van der Waals surface area contributed by atoms with Gasteiger partial charge >= 0.3 is 5.97 Å². The Balaban J connectivity index is 1.81. The molecule has 0 spiro atoms. The molecule has 0 atom stereocenters. The molecule has 0 fully saturated rings. The van der Waals surface area contributed by atoms with Crippen molar-refractivity contribution in [3.63, 3.8) is 0 Å². The average Bonchev–Trinajstić information content (AvgIpc) is 3.02. The Morgan fingerprint density at radius 2 is 1.88 bits per heavy atom.